The molecule has 1 heterocycles. The van der Waals surface area contributed by atoms with Crippen LogP contribution >= 0.6 is 0 Å². The van der Waals surface area contributed by atoms with Gasteiger partial charge in [0.2, 0.25) is 0 Å². The summed E-state index contributed by atoms with van der Waals surface area (Å²) in [5.41, 5.74) is 2.40. The minimum Gasteiger partial charge on any atom is -0.491 e. The molecule has 2 aromatic rings. The van der Waals surface area contributed by atoms with Crippen molar-refractivity contribution < 1.29 is 27.4 Å². The third kappa shape index (κ3) is 5.62. The molecule has 0 fully saturated rings. The normalized spacial score (nSPS) is 15.7. The summed E-state index contributed by atoms with van der Waals surface area (Å²) in [7, 11) is 0. The maximum atomic E-state index is 12.1. The zero-order valence-corrected chi connectivity index (χ0v) is 14.4. The molecule has 0 bridgehead atoms. The number of fused-ring (bicyclic) bond motifs is 1. The predicted molar refractivity (Wildman–Crippen MR) is 92.2 cm³/mol. The summed E-state index contributed by atoms with van der Waals surface area (Å²) in [4.78, 5) is 12.1. The lowest BCUT2D eigenvalue weighted by atomic mass is 10.1. The number of nitrogens with one attached hydrogen (secondary N) is 2. The Kier molecular flexibility index (Phi) is 5.85. The number of hydrogen-bond donors (Lipinski definition) is 2. The zero-order valence-electron chi connectivity index (χ0n) is 14.4. The highest BCUT2D eigenvalue weighted by molar-refractivity contribution is 5.74. The van der Waals surface area contributed by atoms with Gasteiger partial charge in [-0.15, -0.1) is 0 Å². The molecule has 3 rings (SSSR count). The molecule has 0 unspecified atom stereocenters. The fourth-order valence-electron chi connectivity index (χ4n) is 2.71. The van der Waals surface area contributed by atoms with E-state index < -0.39 is 12.8 Å². The van der Waals surface area contributed by atoms with Crippen LogP contribution in [0.4, 0.5) is 18.0 Å². The lowest BCUT2D eigenvalue weighted by molar-refractivity contribution is -0.176. The van der Waals surface area contributed by atoms with E-state index >= 15 is 0 Å². The monoisotopic (exact) mass is 380 g/mol. The van der Waals surface area contributed by atoms with E-state index in [1.165, 1.54) is 0 Å². The summed E-state index contributed by atoms with van der Waals surface area (Å²) in [5, 5.41) is 5.61. The highest BCUT2D eigenvalue weighted by Crippen LogP contribution is 2.31. The molecule has 0 spiro atoms. The van der Waals surface area contributed by atoms with Gasteiger partial charge in [-0.1, -0.05) is 42.5 Å². The van der Waals surface area contributed by atoms with Gasteiger partial charge in [-0.25, -0.2) is 4.79 Å². The Morgan fingerprint density at radius 2 is 1.81 bits per heavy atom. The van der Waals surface area contributed by atoms with Crippen molar-refractivity contribution >= 4 is 6.03 Å². The van der Waals surface area contributed by atoms with Crippen LogP contribution in [0.25, 0.3) is 0 Å². The van der Waals surface area contributed by atoms with Crippen molar-refractivity contribution in [3.05, 3.63) is 65.2 Å². The van der Waals surface area contributed by atoms with Crippen molar-refractivity contribution in [3.8, 4) is 5.75 Å². The number of benzene rings is 2. The van der Waals surface area contributed by atoms with Gasteiger partial charge >= 0.3 is 12.2 Å². The lowest BCUT2D eigenvalue weighted by Gasteiger charge is -2.13. The highest BCUT2D eigenvalue weighted by Gasteiger charge is 2.27. The van der Waals surface area contributed by atoms with Gasteiger partial charge in [-0.3, -0.25) is 0 Å². The number of carbonyl (C=O) groups excluding carboxylic acids is 1. The SMILES string of the molecule is O=C(NCc1ccc(COCC(F)(F)F)cc1)N[C@H]1COc2ccccc21. The largest absolute Gasteiger partial charge is 0.491 e. The van der Waals surface area contributed by atoms with Crippen LogP contribution in [-0.2, 0) is 17.9 Å². The third-order valence-electron chi connectivity index (χ3n) is 4.02. The molecule has 0 aliphatic carbocycles. The van der Waals surface area contributed by atoms with Crippen molar-refractivity contribution in [3.63, 3.8) is 0 Å². The number of para-hydroxylation sites is 1. The van der Waals surface area contributed by atoms with E-state index in [0.717, 1.165) is 16.9 Å². The van der Waals surface area contributed by atoms with Crippen LogP contribution < -0.4 is 15.4 Å². The van der Waals surface area contributed by atoms with Gasteiger partial charge in [0, 0.05) is 12.1 Å². The summed E-state index contributed by atoms with van der Waals surface area (Å²) in [6, 6.07) is 13.8. The topological polar surface area (TPSA) is 59.6 Å². The Morgan fingerprint density at radius 3 is 2.56 bits per heavy atom. The van der Waals surface area contributed by atoms with Crippen molar-refractivity contribution in [1.82, 2.24) is 10.6 Å². The van der Waals surface area contributed by atoms with Crippen LogP contribution in [0.1, 0.15) is 22.7 Å². The molecule has 0 saturated heterocycles. The molecule has 27 heavy (non-hydrogen) atoms. The summed E-state index contributed by atoms with van der Waals surface area (Å²) < 4.78 is 46.3. The van der Waals surface area contributed by atoms with Gasteiger partial charge in [-0.2, -0.15) is 13.2 Å². The number of urea groups is 1. The van der Waals surface area contributed by atoms with E-state index in [4.69, 9.17) is 4.74 Å². The molecule has 2 amide bonds. The van der Waals surface area contributed by atoms with E-state index in [0.29, 0.717) is 18.7 Å². The van der Waals surface area contributed by atoms with Crippen molar-refractivity contribution in [2.45, 2.75) is 25.4 Å². The van der Waals surface area contributed by atoms with Gasteiger partial charge in [0.1, 0.15) is 19.0 Å². The smallest absolute Gasteiger partial charge is 0.411 e. The van der Waals surface area contributed by atoms with E-state index in [-0.39, 0.29) is 18.7 Å². The first-order chi connectivity index (χ1) is 12.9. The lowest BCUT2D eigenvalue weighted by Crippen LogP contribution is -2.38. The summed E-state index contributed by atoms with van der Waals surface area (Å²) in [6.45, 7) is -0.705. The van der Waals surface area contributed by atoms with Gasteiger partial charge in [-0.05, 0) is 17.2 Å². The summed E-state index contributed by atoms with van der Waals surface area (Å²) in [6.07, 6.45) is -4.33. The van der Waals surface area contributed by atoms with Crippen LogP contribution in [0, 0.1) is 0 Å². The first kappa shape index (κ1) is 19.0. The average molecular weight is 380 g/mol. The van der Waals surface area contributed by atoms with Crippen LogP contribution in [0.15, 0.2) is 48.5 Å². The second-order valence-electron chi connectivity index (χ2n) is 6.15. The quantitative estimate of drug-likeness (QED) is 0.804. The molecule has 1 aliphatic rings. The maximum absolute atomic E-state index is 12.1. The van der Waals surface area contributed by atoms with Crippen molar-refractivity contribution in [2.75, 3.05) is 13.2 Å². The van der Waals surface area contributed by atoms with Crippen molar-refractivity contribution in [2.24, 2.45) is 0 Å². The van der Waals surface area contributed by atoms with E-state index in [9.17, 15) is 18.0 Å². The molecule has 1 atom stereocenters. The van der Waals surface area contributed by atoms with Gasteiger partial charge in [0.05, 0.1) is 12.6 Å². The molecular weight excluding hydrogens is 361 g/mol. The minimum absolute atomic E-state index is 0.116. The molecule has 1 aliphatic heterocycles. The number of ether oxygens (including phenoxy) is 2. The second kappa shape index (κ2) is 8.30. The molecule has 5 nitrogen and oxygen atoms in total. The predicted octanol–water partition coefficient (Wildman–Crippen LogP) is 3.70. The van der Waals surface area contributed by atoms with Crippen LogP contribution in [0.2, 0.25) is 0 Å². The molecule has 2 aromatic carbocycles. The Morgan fingerprint density at radius 1 is 1.11 bits per heavy atom. The molecule has 144 valence electrons. The van der Waals surface area contributed by atoms with Crippen molar-refractivity contribution in [1.29, 1.82) is 0 Å². The average Bonchev–Trinajstić information content (AvgIpc) is 3.03. The fraction of sp³-hybridized carbons (Fsp3) is 0.316. The van der Waals surface area contributed by atoms with Crippen LogP contribution in [0.3, 0.4) is 0 Å². The zero-order chi connectivity index (χ0) is 19.3. The van der Waals surface area contributed by atoms with E-state index in [2.05, 4.69) is 15.4 Å². The molecule has 0 aromatic heterocycles. The minimum atomic E-state index is -4.33. The number of halogens is 3. The number of alkyl halides is 3. The van der Waals surface area contributed by atoms with Gasteiger partial charge < -0.3 is 20.1 Å². The number of hydrogen-bond acceptors (Lipinski definition) is 3. The number of rotatable bonds is 6. The van der Waals surface area contributed by atoms with E-state index in [1.54, 1.807) is 24.3 Å². The number of carbonyl (C=O) groups is 1. The molecular formula is C19H19F3N2O3. The third-order valence-corrected chi connectivity index (χ3v) is 4.02. The van der Waals surface area contributed by atoms with Gasteiger partial charge in [0.15, 0.2) is 0 Å². The maximum Gasteiger partial charge on any atom is 0.411 e. The second-order valence-corrected chi connectivity index (χ2v) is 6.15. The van der Waals surface area contributed by atoms with E-state index in [1.807, 2.05) is 24.3 Å². The summed E-state index contributed by atoms with van der Waals surface area (Å²) >= 11 is 0. The Bertz CT molecular complexity index is 779. The van der Waals surface area contributed by atoms with Crippen LogP contribution in [-0.4, -0.2) is 25.4 Å². The number of amides is 2. The molecule has 2 N–H and O–H groups in total. The first-order valence-electron chi connectivity index (χ1n) is 8.39. The Hall–Kier alpha value is -2.74. The Labute approximate surface area is 154 Å². The fourth-order valence-corrected chi connectivity index (χ4v) is 2.71. The molecule has 8 heteroatoms. The molecule has 0 radical (unpaired) electrons. The van der Waals surface area contributed by atoms with Crippen LogP contribution in [0.5, 0.6) is 5.75 Å². The van der Waals surface area contributed by atoms with Gasteiger partial charge in [0.25, 0.3) is 0 Å². The summed E-state index contributed by atoms with van der Waals surface area (Å²) in [5.74, 6) is 0.770. The Balaban J connectivity index is 1.43. The highest BCUT2D eigenvalue weighted by atomic mass is 19.4. The molecule has 0 saturated carbocycles. The first-order valence-corrected chi connectivity index (χ1v) is 8.39. The standard InChI is InChI=1S/C19H19F3N2O3/c20-19(21,22)12-26-10-14-7-5-13(6-8-14)9-23-18(25)24-16-11-27-17-4-2-1-3-15(16)17/h1-8,16H,9-12H2,(H2,23,24,25)/t16-/m0/s1.